The molecule has 0 aliphatic carbocycles. The summed E-state index contributed by atoms with van der Waals surface area (Å²) in [5.74, 6) is 0.914. The van der Waals surface area contributed by atoms with Crippen LogP contribution in [0.5, 0.6) is 5.75 Å². The molecule has 2 heterocycles. The van der Waals surface area contributed by atoms with Gasteiger partial charge in [-0.05, 0) is 43.7 Å². The molecule has 0 aromatic heterocycles. The zero-order chi connectivity index (χ0) is 22.5. The van der Waals surface area contributed by atoms with Crippen LogP contribution in [0.15, 0.2) is 53.6 Å². The minimum Gasteiger partial charge on any atom is -0.494 e. The second-order valence-corrected chi connectivity index (χ2v) is 8.59. The minimum absolute atomic E-state index is 0.0662. The molecule has 0 saturated carbocycles. The van der Waals surface area contributed by atoms with Gasteiger partial charge in [-0.3, -0.25) is 9.69 Å². The van der Waals surface area contributed by atoms with Gasteiger partial charge < -0.3 is 9.64 Å². The van der Waals surface area contributed by atoms with Crippen LogP contribution in [0.25, 0.3) is 0 Å². The quantitative estimate of drug-likeness (QED) is 0.667. The Morgan fingerprint density at radius 3 is 2.41 bits per heavy atom. The molecule has 0 spiro atoms. The van der Waals surface area contributed by atoms with Crippen molar-refractivity contribution < 1.29 is 9.53 Å². The highest BCUT2D eigenvalue weighted by Gasteiger charge is 2.34. The summed E-state index contributed by atoms with van der Waals surface area (Å²) in [6.07, 6.45) is 0.715. The van der Waals surface area contributed by atoms with Crippen LogP contribution in [-0.4, -0.2) is 72.3 Å². The van der Waals surface area contributed by atoms with Crippen LogP contribution in [0.4, 0.5) is 0 Å². The second-order valence-electron chi connectivity index (χ2n) is 8.59. The molecule has 2 aromatic carbocycles. The van der Waals surface area contributed by atoms with E-state index in [9.17, 15) is 4.79 Å². The molecule has 6 nitrogen and oxygen atoms in total. The zero-order valence-corrected chi connectivity index (χ0v) is 19.5. The van der Waals surface area contributed by atoms with Crippen LogP contribution < -0.4 is 4.74 Å². The van der Waals surface area contributed by atoms with Gasteiger partial charge >= 0.3 is 0 Å². The van der Waals surface area contributed by atoms with Crippen molar-refractivity contribution in [2.45, 2.75) is 33.2 Å². The van der Waals surface area contributed by atoms with E-state index >= 15 is 0 Å². The average molecular weight is 435 g/mol. The van der Waals surface area contributed by atoms with Crippen LogP contribution in [0.2, 0.25) is 0 Å². The number of aryl methyl sites for hydroxylation is 1. The Bertz CT molecular complexity index is 949. The average Bonchev–Trinajstić information content (AvgIpc) is 3.26. The first-order valence-corrected chi connectivity index (χ1v) is 11.7. The monoisotopic (exact) mass is 434 g/mol. The van der Waals surface area contributed by atoms with E-state index in [0.29, 0.717) is 19.6 Å². The van der Waals surface area contributed by atoms with Crippen LogP contribution >= 0.6 is 0 Å². The molecule has 4 rings (SSSR count). The molecule has 2 aromatic rings. The summed E-state index contributed by atoms with van der Waals surface area (Å²) < 4.78 is 5.60. The predicted molar refractivity (Wildman–Crippen MR) is 128 cm³/mol. The van der Waals surface area contributed by atoms with Gasteiger partial charge in [-0.25, -0.2) is 5.01 Å². The van der Waals surface area contributed by atoms with E-state index in [1.54, 1.807) is 5.01 Å². The molecule has 1 saturated heterocycles. The predicted octanol–water partition coefficient (Wildman–Crippen LogP) is 3.71. The summed E-state index contributed by atoms with van der Waals surface area (Å²) in [6.45, 7) is 12.3. The van der Waals surface area contributed by atoms with E-state index in [4.69, 9.17) is 9.84 Å². The lowest BCUT2D eigenvalue weighted by molar-refractivity contribution is -0.134. The lowest BCUT2D eigenvalue weighted by atomic mass is 9.97. The third-order valence-electron chi connectivity index (χ3n) is 6.36. The van der Waals surface area contributed by atoms with Gasteiger partial charge in [0.05, 0.1) is 24.9 Å². The van der Waals surface area contributed by atoms with Crippen molar-refractivity contribution in [1.82, 2.24) is 14.8 Å². The fourth-order valence-corrected chi connectivity index (χ4v) is 4.48. The topological polar surface area (TPSA) is 48.4 Å². The number of likely N-dealkylation sites (N-methyl/N-ethyl adjacent to an activating group) is 1. The minimum atomic E-state index is -0.0920. The van der Waals surface area contributed by atoms with E-state index in [-0.39, 0.29) is 11.9 Å². The van der Waals surface area contributed by atoms with Crippen molar-refractivity contribution in [2.24, 2.45) is 5.10 Å². The number of hydrazone groups is 1. The Hall–Kier alpha value is -2.70. The number of amides is 1. The van der Waals surface area contributed by atoms with E-state index in [0.717, 1.165) is 55.3 Å². The maximum Gasteiger partial charge on any atom is 0.257 e. The zero-order valence-electron chi connectivity index (χ0n) is 19.5. The van der Waals surface area contributed by atoms with Gasteiger partial charge in [-0.2, -0.15) is 5.10 Å². The maximum atomic E-state index is 13.4. The Kier molecular flexibility index (Phi) is 7.22. The third kappa shape index (κ3) is 5.19. The number of nitrogens with zero attached hydrogens (tertiary/aromatic N) is 4. The molecule has 0 N–H and O–H groups in total. The van der Waals surface area contributed by atoms with Gasteiger partial charge in [-0.15, -0.1) is 0 Å². The number of carbonyl (C=O) groups excluding carboxylic acids is 1. The lowest BCUT2D eigenvalue weighted by Gasteiger charge is -2.34. The summed E-state index contributed by atoms with van der Waals surface area (Å²) in [4.78, 5) is 18.1. The van der Waals surface area contributed by atoms with Crippen LogP contribution in [0.3, 0.4) is 0 Å². The molecule has 1 amide bonds. The second kappa shape index (κ2) is 10.3. The molecule has 1 fully saturated rings. The SMILES string of the molecule is CCOc1ccc([C@H]2CC(c3cccc(C)c3)=NN2C(=O)CN2CCN(CC)CC2)cc1. The van der Waals surface area contributed by atoms with Crippen molar-refractivity contribution in [3.8, 4) is 5.75 Å². The third-order valence-corrected chi connectivity index (χ3v) is 6.36. The highest BCUT2D eigenvalue weighted by Crippen LogP contribution is 2.34. The van der Waals surface area contributed by atoms with Gasteiger partial charge in [-0.1, -0.05) is 48.9 Å². The Morgan fingerprint density at radius 2 is 1.75 bits per heavy atom. The Labute approximate surface area is 191 Å². The molecule has 1 atom stereocenters. The number of rotatable bonds is 7. The molecule has 6 heteroatoms. The van der Waals surface area contributed by atoms with Crippen LogP contribution in [0.1, 0.15) is 43.0 Å². The maximum absolute atomic E-state index is 13.4. The summed E-state index contributed by atoms with van der Waals surface area (Å²) in [5.41, 5.74) is 4.34. The molecule has 2 aliphatic heterocycles. The van der Waals surface area contributed by atoms with Crippen molar-refractivity contribution in [3.05, 3.63) is 65.2 Å². The van der Waals surface area contributed by atoms with Crippen LogP contribution in [-0.2, 0) is 4.79 Å². The number of hydrogen-bond donors (Lipinski definition) is 0. The summed E-state index contributed by atoms with van der Waals surface area (Å²) >= 11 is 0. The standard InChI is InChI=1S/C26H34N4O2/c1-4-28-13-15-29(16-14-28)19-26(31)30-25(21-9-11-23(12-10-21)32-5-2)18-24(27-30)22-8-6-7-20(3)17-22/h6-12,17,25H,4-5,13-16,18-19H2,1-3H3/t25-/m1/s1. The molecule has 2 aliphatic rings. The van der Waals surface area contributed by atoms with E-state index < -0.39 is 0 Å². The molecular weight excluding hydrogens is 400 g/mol. The van der Waals surface area contributed by atoms with Crippen molar-refractivity contribution in [2.75, 3.05) is 45.9 Å². The van der Waals surface area contributed by atoms with Gasteiger partial charge in [0.25, 0.3) is 5.91 Å². The molecule has 0 bridgehead atoms. The van der Waals surface area contributed by atoms with Crippen molar-refractivity contribution in [1.29, 1.82) is 0 Å². The largest absolute Gasteiger partial charge is 0.494 e. The molecule has 0 unspecified atom stereocenters. The van der Waals surface area contributed by atoms with Gasteiger partial charge in [0.1, 0.15) is 5.75 Å². The Morgan fingerprint density at radius 1 is 1.03 bits per heavy atom. The molecule has 32 heavy (non-hydrogen) atoms. The fraction of sp³-hybridized carbons (Fsp3) is 0.462. The summed E-state index contributed by atoms with van der Waals surface area (Å²) in [7, 11) is 0. The van der Waals surface area contributed by atoms with E-state index in [1.165, 1.54) is 5.56 Å². The molecular formula is C26H34N4O2. The van der Waals surface area contributed by atoms with Gasteiger partial charge in [0, 0.05) is 32.6 Å². The van der Waals surface area contributed by atoms with Gasteiger partial charge in [0.2, 0.25) is 0 Å². The van der Waals surface area contributed by atoms with Crippen molar-refractivity contribution >= 4 is 11.6 Å². The highest BCUT2D eigenvalue weighted by molar-refractivity contribution is 6.03. The number of ether oxygens (including phenoxy) is 1. The first kappa shape index (κ1) is 22.5. The number of piperazine rings is 1. The van der Waals surface area contributed by atoms with E-state index in [2.05, 4.69) is 60.0 Å². The number of carbonyl (C=O) groups is 1. The fourth-order valence-electron chi connectivity index (χ4n) is 4.48. The normalized spacial score (nSPS) is 19.8. The molecule has 170 valence electrons. The van der Waals surface area contributed by atoms with Crippen LogP contribution in [0, 0.1) is 6.92 Å². The lowest BCUT2D eigenvalue weighted by Crippen LogP contribution is -2.49. The van der Waals surface area contributed by atoms with E-state index in [1.807, 2.05) is 19.1 Å². The number of benzene rings is 2. The first-order valence-electron chi connectivity index (χ1n) is 11.7. The first-order chi connectivity index (χ1) is 15.6. The number of hydrogen-bond acceptors (Lipinski definition) is 5. The highest BCUT2D eigenvalue weighted by atomic mass is 16.5. The van der Waals surface area contributed by atoms with Crippen molar-refractivity contribution in [3.63, 3.8) is 0 Å². The van der Waals surface area contributed by atoms with Gasteiger partial charge in [0.15, 0.2) is 0 Å². The Balaban J connectivity index is 1.54. The summed E-state index contributed by atoms with van der Waals surface area (Å²) in [5, 5.41) is 6.57. The smallest absolute Gasteiger partial charge is 0.257 e. The summed E-state index contributed by atoms with van der Waals surface area (Å²) in [6, 6.07) is 16.4. The molecule has 0 radical (unpaired) electrons.